The van der Waals surface area contributed by atoms with Crippen LogP contribution in [0.1, 0.15) is 17.0 Å². The Labute approximate surface area is 144 Å². The minimum atomic E-state index is -0.293. The molecule has 0 saturated carbocycles. The Hall–Kier alpha value is -3.15. The van der Waals surface area contributed by atoms with Crippen LogP contribution in [-0.2, 0) is 9.53 Å². The van der Waals surface area contributed by atoms with Crippen molar-refractivity contribution in [3.05, 3.63) is 58.8 Å². The van der Waals surface area contributed by atoms with Gasteiger partial charge in [0.05, 0.1) is 18.4 Å². The van der Waals surface area contributed by atoms with E-state index >= 15 is 0 Å². The largest absolute Gasteiger partial charge is 0.497 e. The van der Waals surface area contributed by atoms with Crippen LogP contribution in [0.4, 0.5) is 5.69 Å². The number of nitrogens with one attached hydrogen (secondary N) is 1. The van der Waals surface area contributed by atoms with Gasteiger partial charge in [-0.2, -0.15) is 0 Å². The normalized spacial score (nSPS) is 19.9. The maximum atomic E-state index is 12.4. The van der Waals surface area contributed by atoms with E-state index in [2.05, 4.69) is 5.32 Å². The number of hydrogen-bond donors (Lipinski definition) is 1. The van der Waals surface area contributed by atoms with Gasteiger partial charge in [0.25, 0.3) is 0 Å². The second kappa shape index (κ2) is 5.17. The molecule has 0 unspecified atom stereocenters. The van der Waals surface area contributed by atoms with Gasteiger partial charge in [0, 0.05) is 17.7 Å². The molecule has 0 spiro atoms. The van der Waals surface area contributed by atoms with Gasteiger partial charge in [-0.3, -0.25) is 0 Å². The van der Waals surface area contributed by atoms with Crippen molar-refractivity contribution in [1.29, 1.82) is 0 Å². The molecule has 0 amide bonds. The van der Waals surface area contributed by atoms with Crippen LogP contribution in [-0.4, -0.2) is 26.5 Å². The van der Waals surface area contributed by atoms with Crippen LogP contribution < -0.4 is 19.5 Å². The quantitative estimate of drug-likeness (QED) is 0.850. The maximum Gasteiger partial charge on any atom is 0.337 e. The van der Waals surface area contributed by atoms with Crippen molar-refractivity contribution in [3.8, 4) is 17.2 Å². The molecule has 126 valence electrons. The predicted octanol–water partition coefficient (Wildman–Crippen LogP) is 2.79. The number of cyclic esters (lactones) is 1. The zero-order valence-electron chi connectivity index (χ0n) is 13.5. The van der Waals surface area contributed by atoms with Crippen molar-refractivity contribution in [1.82, 2.24) is 0 Å². The lowest BCUT2D eigenvalue weighted by atomic mass is 9.81. The molecule has 3 heterocycles. The first-order valence-electron chi connectivity index (χ1n) is 7.99. The summed E-state index contributed by atoms with van der Waals surface area (Å²) in [7, 11) is 1.63. The molecule has 3 aliphatic heterocycles. The topological polar surface area (TPSA) is 66.0 Å². The highest BCUT2D eigenvalue weighted by atomic mass is 16.7. The van der Waals surface area contributed by atoms with Crippen LogP contribution in [0.5, 0.6) is 17.2 Å². The molecule has 3 aliphatic rings. The Kier molecular flexibility index (Phi) is 2.94. The summed E-state index contributed by atoms with van der Waals surface area (Å²) >= 11 is 0. The Balaban J connectivity index is 1.72. The molecule has 1 atom stereocenters. The van der Waals surface area contributed by atoms with Crippen molar-refractivity contribution < 1.29 is 23.7 Å². The van der Waals surface area contributed by atoms with Gasteiger partial charge in [-0.05, 0) is 29.3 Å². The lowest BCUT2D eigenvalue weighted by Gasteiger charge is -2.27. The number of benzene rings is 2. The van der Waals surface area contributed by atoms with Crippen LogP contribution in [0.2, 0.25) is 0 Å². The number of methoxy groups -OCH3 is 1. The number of anilines is 1. The zero-order valence-corrected chi connectivity index (χ0v) is 13.5. The Morgan fingerprint density at radius 1 is 1.12 bits per heavy atom. The molecule has 0 radical (unpaired) electrons. The fourth-order valence-electron chi connectivity index (χ4n) is 3.60. The SMILES string of the molecule is COc1cccc([C@H]2C3=C(COC3=O)Nc3cc4c(cc32)OCO4)c1. The van der Waals surface area contributed by atoms with Crippen molar-refractivity contribution >= 4 is 11.7 Å². The molecule has 1 N–H and O–H groups in total. The molecular weight excluding hydrogens is 322 g/mol. The number of carbonyl (C=O) groups is 1. The summed E-state index contributed by atoms with van der Waals surface area (Å²) in [5, 5.41) is 3.31. The second-order valence-corrected chi connectivity index (χ2v) is 6.10. The van der Waals surface area contributed by atoms with Gasteiger partial charge in [0.1, 0.15) is 12.4 Å². The molecular formula is C19H15NO5. The molecule has 0 fully saturated rings. The third kappa shape index (κ3) is 2.07. The Morgan fingerprint density at radius 2 is 1.96 bits per heavy atom. The monoisotopic (exact) mass is 337 g/mol. The van der Waals surface area contributed by atoms with Gasteiger partial charge < -0.3 is 24.3 Å². The molecule has 5 rings (SSSR count). The van der Waals surface area contributed by atoms with Gasteiger partial charge in [-0.1, -0.05) is 12.1 Å². The molecule has 0 saturated heterocycles. The summed E-state index contributed by atoms with van der Waals surface area (Å²) in [6, 6.07) is 11.6. The van der Waals surface area contributed by atoms with Crippen LogP contribution >= 0.6 is 0 Å². The fourth-order valence-corrected chi connectivity index (χ4v) is 3.60. The lowest BCUT2D eigenvalue weighted by molar-refractivity contribution is -0.136. The van der Waals surface area contributed by atoms with Crippen molar-refractivity contribution in [3.63, 3.8) is 0 Å². The van der Waals surface area contributed by atoms with Crippen LogP contribution in [0, 0.1) is 0 Å². The van der Waals surface area contributed by atoms with E-state index in [-0.39, 0.29) is 25.3 Å². The fraction of sp³-hybridized carbons (Fsp3) is 0.211. The summed E-state index contributed by atoms with van der Waals surface area (Å²) in [5.74, 6) is 1.59. The number of hydrogen-bond acceptors (Lipinski definition) is 6. The molecule has 0 aliphatic carbocycles. The van der Waals surface area contributed by atoms with Gasteiger partial charge in [-0.25, -0.2) is 4.79 Å². The van der Waals surface area contributed by atoms with Gasteiger partial charge in [0.15, 0.2) is 11.5 Å². The number of carbonyl (C=O) groups excluding carboxylic acids is 1. The Morgan fingerprint density at radius 3 is 2.80 bits per heavy atom. The number of fused-ring (bicyclic) bond motifs is 2. The molecule has 0 aromatic heterocycles. The predicted molar refractivity (Wildman–Crippen MR) is 89.0 cm³/mol. The van der Waals surface area contributed by atoms with Crippen molar-refractivity contribution in [2.24, 2.45) is 0 Å². The summed E-state index contributed by atoms with van der Waals surface area (Å²) < 4.78 is 21.6. The minimum Gasteiger partial charge on any atom is -0.497 e. The molecule has 25 heavy (non-hydrogen) atoms. The second-order valence-electron chi connectivity index (χ2n) is 6.10. The van der Waals surface area contributed by atoms with Crippen LogP contribution in [0.3, 0.4) is 0 Å². The third-order valence-corrected chi connectivity index (χ3v) is 4.75. The van der Waals surface area contributed by atoms with Gasteiger partial charge >= 0.3 is 5.97 Å². The standard InChI is InChI=1S/C19H15NO5/c1-22-11-4-2-3-10(5-11)17-12-6-15-16(25-9-24-15)7-13(12)20-14-8-23-19(21)18(14)17/h2-7,17,20H,8-9H2,1H3/t17-/m1/s1. The van der Waals surface area contributed by atoms with E-state index in [1.165, 1.54) is 0 Å². The highest BCUT2D eigenvalue weighted by molar-refractivity contribution is 5.97. The molecule has 6 heteroatoms. The van der Waals surface area contributed by atoms with E-state index in [0.29, 0.717) is 17.1 Å². The average Bonchev–Trinajstić information content (AvgIpc) is 3.24. The highest BCUT2D eigenvalue weighted by Gasteiger charge is 2.39. The minimum absolute atomic E-state index is 0.206. The van der Waals surface area contributed by atoms with Gasteiger partial charge in [0.2, 0.25) is 6.79 Å². The van der Waals surface area contributed by atoms with Crippen LogP contribution in [0.25, 0.3) is 0 Å². The van der Waals surface area contributed by atoms with E-state index in [1.807, 2.05) is 36.4 Å². The Bertz CT molecular complexity index is 933. The molecule has 2 aromatic carbocycles. The first kappa shape index (κ1) is 14.2. The average molecular weight is 337 g/mol. The summed E-state index contributed by atoms with van der Waals surface area (Å²) in [6.45, 7) is 0.458. The van der Waals surface area contributed by atoms with Gasteiger partial charge in [-0.15, -0.1) is 0 Å². The number of rotatable bonds is 2. The highest BCUT2D eigenvalue weighted by Crippen LogP contribution is 2.49. The van der Waals surface area contributed by atoms with E-state index in [0.717, 1.165) is 28.3 Å². The van der Waals surface area contributed by atoms with E-state index in [9.17, 15) is 4.79 Å². The summed E-state index contributed by atoms with van der Waals surface area (Å²) in [6.07, 6.45) is 0. The third-order valence-electron chi connectivity index (χ3n) is 4.75. The smallest absolute Gasteiger partial charge is 0.337 e. The van der Waals surface area contributed by atoms with E-state index in [1.54, 1.807) is 7.11 Å². The molecule has 2 aromatic rings. The first-order valence-corrected chi connectivity index (χ1v) is 7.99. The summed E-state index contributed by atoms with van der Waals surface area (Å²) in [4.78, 5) is 12.4. The number of ether oxygens (including phenoxy) is 4. The summed E-state index contributed by atoms with van der Waals surface area (Å²) in [5.41, 5.74) is 4.25. The lowest BCUT2D eigenvalue weighted by Crippen LogP contribution is -2.19. The number of esters is 1. The van der Waals surface area contributed by atoms with E-state index in [4.69, 9.17) is 18.9 Å². The zero-order chi connectivity index (χ0) is 17.0. The van der Waals surface area contributed by atoms with Crippen molar-refractivity contribution in [2.75, 3.05) is 25.8 Å². The first-order chi connectivity index (χ1) is 12.2. The molecule has 6 nitrogen and oxygen atoms in total. The molecule has 0 bridgehead atoms. The van der Waals surface area contributed by atoms with E-state index < -0.39 is 0 Å². The van der Waals surface area contributed by atoms with Crippen molar-refractivity contribution in [2.45, 2.75) is 5.92 Å². The maximum absolute atomic E-state index is 12.4. The van der Waals surface area contributed by atoms with Crippen LogP contribution in [0.15, 0.2) is 47.7 Å².